The van der Waals surface area contributed by atoms with Gasteiger partial charge in [-0.1, -0.05) is 22.8 Å². The van der Waals surface area contributed by atoms with Crippen LogP contribution in [0.4, 0.5) is 4.39 Å². The van der Waals surface area contributed by atoms with E-state index in [9.17, 15) is 14.3 Å². The van der Waals surface area contributed by atoms with Crippen LogP contribution >= 0.6 is 11.6 Å². The first-order chi connectivity index (χ1) is 14.4. The van der Waals surface area contributed by atoms with Gasteiger partial charge in [0.1, 0.15) is 0 Å². The Bertz CT molecular complexity index is 1090. The van der Waals surface area contributed by atoms with E-state index in [2.05, 4.69) is 10.1 Å². The van der Waals surface area contributed by atoms with Gasteiger partial charge in [-0.25, -0.2) is 4.98 Å². The van der Waals surface area contributed by atoms with Crippen molar-refractivity contribution >= 4 is 17.5 Å². The lowest BCUT2D eigenvalue weighted by atomic mass is 9.81. The Morgan fingerprint density at radius 3 is 2.57 bits per heavy atom. The molecule has 0 unspecified atom stereocenters. The molecule has 2 saturated heterocycles. The minimum absolute atomic E-state index is 0.195. The number of carbonyl (C=O) groups excluding carboxylic acids is 1. The Hall–Kier alpha value is -2.77. The highest BCUT2D eigenvalue weighted by molar-refractivity contribution is 6.30. The molecule has 0 saturated carbocycles. The van der Waals surface area contributed by atoms with Crippen molar-refractivity contribution in [3.63, 3.8) is 0 Å². The number of aromatic nitrogens is 2. The molecule has 8 heteroatoms. The molecule has 154 valence electrons. The molecule has 1 N–H and O–H groups in total. The maximum absolute atomic E-state index is 14.2. The number of nitrogens with zero attached hydrogens (tertiary/aromatic N) is 3. The monoisotopic (exact) mass is 427 g/mol. The highest BCUT2D eigenvalue weighted by Gasteiger charge is 2.51. The number of halogens is 2. The molecule has 0 aliphatic carbocycles. The zero-order valence-electron chi connectivity index (χ0n) is 16.0. The van der Waals surface area contributed by atoms with Gasteiger partial charge in [-0.15, -0.1) is 0 Å². The number of benzene rings is 1. The third kappa shape index (κ3) is 3.18. The van der Waals surface area contributed by atoms with Crippen molar-refractivity contribution in [1.82, 2.24) is 15.0 Å². The summed E-state index contributed by atoms with van der Waals surface area (Å²) in [6.07, 6.45) is 3.39. The van der Waals surface area contributed by atoms with Crippen LogP contribution in [0.1, 0.15) is 41.7 Å². The molecule has 1 aromatic carbocycles. The van der Waals surface area contributed by atoms with Gasteiger partial charge >= 0.3 is 0 Å². The molecule has 2 atom stereocenters. The summed E-state index contributed by atoms with van der Waals surface area (Å²) in [5.74, 6) is -0.420. The molecular weight excluding hydrogens is 409 g/mol. The Labute approximate surface area is 177 Å². The molecule has 3 aromatic rings. The molecule has 30 heavy (non-hydrogen) atoms. The predicted octanol–water partition coefficient (Wildman–Crippen LogP) is 4.18. The smallest absolute Gasteiger partial charge is 0.276 e. The summed E-state index contributed by atoms with van der Waals surface area (Å²) >= 11 is 5.92. The molecule has 2 fully saturated rings. The molecule has 0 radical (unpaired) electrons. The van der Waals surface area contributed by atoms with Crippen molar-refractivity contribution in [3.05, 3.63) is 70.9 Å². The van der Waals surface area contributed by atoms with Crippen LogP contribution in [0.15, 0.2) is 53.2 Å². The first-order valence-corrected chi connectivity index (χ1v) is 10.2. The van der Waals surface area contributed by atoms with Gasteiger partial charge in [-0.3, -0.25) is 4.79 Å². The van der Waals surface area contributed by atoms with Crippen molar-refractivity contribution in [3.8, 4) is 11.3 Å². The normalized spacial score (nSPS) is 25.5. The fourth-order valence-electron chi connectivity index (χ4n) is 4.77. The van der Waals surface area contributed by atoms with E-state index in [-0.39, 0.29) is 42.1 Å². The molecule has 2 aliphatic rings. The standard InChI is InChI=1S/C22H19ClFN3O3/c23-14-5-3-13(4-6-14)19-10-18(26-30-19)21(28)27-15-7-8-16(27)12-22(29,11-15)17-2-1-9-25-20(17)24/h1-6,9-10,15-16,29H,7-8,11-12H2/t15-,16-/m1/s1. The zero-order valence-corrected chi connectivity index (χ0v) is 16.7. The average Bonchev–Trinajstić information content (AvgIpc) is 3.32. The lowest BCUT2D eigenvalue weighted by Gasteiger charge is -2.43. The zero-order chi connectivity index (χ0) is 20.9. The third-order valence-corrected chi connectivity index (χ3v) is 6.37. The summed E-state index contributed by atoms with van der Waals surface area (Å²) in [4.78, 5) is 18.6. The van der Waals surface area contributed by atoms with Gasteiger partial charge in [-0.2, -0.15) is 4.39 Å². The van der Waals surface area contributed by atoms with E-state index in [4.69, 9.17) is 16.1 Å². The van der Waals surface area contributed by atoms with Crippen LogP contribution < -0.4 is 0 Å². The molecule has 2 aliphatic heterocycles. The Kier molecular flexibility index (Phi) is 4.60. The molecule has 6 nitrogen and oxygen atoms in total. The van der Waals surface area contributed by atoms with Gasteiger partial charge in [0.25, 0.3) is 5.91 Å². The van der Waals surface area contributed by atoms with Gasteiger partial charge in [0, 0.05) is 53.3 Å². The maximum Gasteiger partial charge on any atom is 0.276 e. The van der Waals surface area contributed by atoms with Crippen LogP contribution in [0.2, 0.25) is 5.02 Å². The number of pyridine rings is 1. The third-order valence-electron chi connectivity index (χ3n) is 6.12. The fourth-order valence-corrected chi connectivity index (χ4v) is 4.89. The lowest BCUT2D eigenvalue weighted by Crippen LogP contribution is -2.52. The maximum atomic E-state index is 14.2. The van der Waals surface area contributed by atoms with Gasteiger partial charge < -0.3 is 14.5 Å². The lowest BCUT2D eigenvalue weighted by molar-refractivity contribution is -0.0506. The molecule has 0 spiro atoms. The summed E-state index contributed by atoms with van der Waals surface area (Å²) < 4.78 is 19.6. The van der Waals surface area contributed by atoms with E-state index < -0.39 is 11.5 Å². The molecule has 2 bridgehead atoms. The summed E-state index contributed by atoms with van der Waals surface area (Å²) in [6.45, 7) is 0. The molecule has 2 aromatic heterocycles. The van der Waals surface area contributed by atoms with Crippen molar-refractivity contribution in [2.45, 2.75) is 43.4 Å². The second-order valence-corrected chi connectivity index (χ2v) is 8.40. The number of hydrogen-bond donors (Lipinski definition) is 1. The minimum Gasteiger partial charge on any atom is -0.385 e. The number of piperidine rings is 1. The van der Waals surface area contributed by atoms with Crippen molar-refractivity contribution in [2.24, 2.45) is 0 Å². The van der Waals surface area contributed by atoms with Gasteiger partial charge in [-0.05, 0) is 43.2 Å². The van der Waals surface area contributed by atoms with E-state index in [1.54, 1.807) is 47.4 Å². The van der Waals surface area contributed by atoms with E-state index in [0.29, 0.717) is 10.8 Å². The van der Waals surface area contributed by atoms with Crippen molar-refractivity contribution in [2.75, 3.05) is 0 Å². The topological polar surface area (TPSA) is 79.5 Å². The van der Waals surface area contributed by atoms with Crippen LogP contribution in [0.25, 0.3) is 11.3 Å². The van der Waals surface area contributed by atoms with E-state index in [1.165, 1.54) is 6.20 Å². The van der Waals surface area contributed by atoms with Crippen LogP contribution in [-0.4, -0.2) is 38.1 Å². The number of fused-ring (bicyclic) bond motifs is 2. The summed E-state index contributed by atoms with van der Waals surface area (Å²) in [5, 5.41) is 15.8. The van der Waals surface area contributed by atoms with E-state index >= 15 is 0 Å². The Morgan fingerprint density at radius 2 is 1.90 bits per heavy atom. The predicted molar refractivity (Wildman–Crippen MR) is 107 cm³/mol. The fraction of sp³-hybridized carbons (Fsp3) is 0.318. The Balaban J connectivity index is 1.38. The highest BCUT2D eigenvalue weighted by Crippen LogP contribution is 2.46. The summed E-state index contributed by atoms with van der Waals surface area (Å²) in [6, 6.07) is 11.5. The molecule has 1 amide bonds. The Morgan fingerprint density at radius 1 is 1.20 bits per heavy atom. The number of aliphatic hydroxyl groups is 1. The number of rotatable bonds is 3. The SMILES string of the molecule is O=C(c1cc(-c2ccc(Cl)cc2)on1)N1[C@@H]2CC[C@@H]1CC(O)(c1cccnc1F)C2. The van der Waals surface area contributed by atoms with Gasteiger partial charge in [0.2, 0.25) is 5.95 Å². The van der Waals surface area contributed by atoms with Gasteiger partial charge in [0.05, 0.1) is 5.60 Å². The number of amides is 1. The largest absolute Gasteiger partial charge is 0.385 e. The molecule has 4 heterocycles. The molecule has 5 rings (SSSR count). The average molecular weight is 428 g/mol. The first kappa shape index (κ1) is 19.2. The molecular formula is C22H19ClFN3O3. The number of hydrogen-bond acceptors (Lipinski definition) is 5. The van der Waals surface area contributed by atoms with E-state index in [1.807, 2.05) is 0 Å². The first-order valence-electron chi connectivity index (χ1n) is 9.83. The summed E-state index contributed by atoms with van der Waals surface area (Å²) in [7, 11) is 0. The van der Waals surface area contributed by atoms with Crippen LogP contribution in [-0.2, 0) is 5.60 Å². The van der Waals surface area contributed by atoms with Crippen LogP contribution in [0, 0.1) is 5.95 Å². The highest BCUT2D eigenvalue weighted by atomic mass is 35.5. The van der Waals surface area contributed by atoms with Crippen LogP contribution in [0.5, 0.6) is 0 Å². The van der Waals surface area contributed by atoms with E-state index in [0.717, 1.165) is 18.4 Å². The summed E-state index contributed by atoms with van der Waals surface area (Å²) in [5.41, 5.74) is -0.150. The van der Waals surface area contributed by atoms with Gasteiger partial charge in [0.15, 0.2) is 11.5 Å². The quantitative estimate of drug-likeness (QED) is 0.634. The second-order valence-electron chi connectivity index (χ2n) is 7.96. The van der Waals surface area contributed by atoms with Crippen LogP contribution in [0.3, 0.4) is 0 Å². The second kappa shape index (κ2) is 7.18. The minimum atomic E-state index is -1.33. The van der Waals surface area contributed by atoms with Crippen molar-refractivity contribution < 1.29 is 18.8 Å². The van der Waals surface area contributed by atoms with Crippen molar-refractivity contribution in [1.29, 1.82) is 0 Å². The number of carbonyl (C=O) groups is 1.